The average Bonchev–Trinajstić information content (AvgIpc) is 2.58. The Morgan fingerprint density at radius 3 is 2.40 bits per heavy atom. The molecule has 1 atom stereocenters. The van der Waals surface area contributed by atoms with Crippen LogP contribution in [-0.4, -0.2) is 53.9 Å². The van der Waals surface area contributed by atoms with Gasteiger partial charge in [-0.15, -0.1) is 11.8 Å². The number of thioether (sulfide) groups is 1. The number of benzene rings is 1. The molecule has 6 heteroatoms. The number of allylic oxidation sites excluding steroid dienone is 1. The Labute approximate surface area is 153 Å². The van der Waals surface area contributed by atoms with Crippen LogP contribution in [0.4, 0.5) is 0 Å². The number of likely N-dealkylation sites (N-methyl/N-ethyl adjacent to an activating group) is 2. The van der Waals surface area contributed by atoms with E-state index in [2.05, 4.69) is 0 Å². The van der Waals surface area contributed by atoms with E-state index in [1.165, 1.54) is 27.1 Å². The number of ether oxygens (including phenoxy) is 1. The summed E-state index contributed by atoms with van der Waals surface area (Å²) in [7, 11) is 3.29. The maximum absolute atomic E-state index is 12.5. The van der Waals surface area contributed by atoms with E-state index in [9.17, 15) is 9.59 Å². The summed E-state index contributed by atoms with van der Waals surface area (Å²) in [5.74, 6) is 0.506. The maximum Gasteiger partial charge on any atom is 0.271 e. The van der Waals surface area contributed by atoms with E-state index < -0.39 is 5.37 Å². The van der Waals surface area contributed by atoms with Gasteiger partial charge in [0.15, 0.2) is 5.37 Å². The molecule has 0 bridgehead atoms. The Morgan fingerprint density at radius 1 is 1.20 bits per heavy atom. The topological polar surface area (TPSA) is 49.9 Å². The highest BCUT2D eigenvalue weighted by Crippen LogP contribution is 2.26. The first-order valence-corrected chi connectivity index (χ1v) is 9.29. The fraction of sp³-hybridized carbons (Fsp3) is 0.368. The summed E-state index contributed by atoms with van der Waals surface area (Å²) in [6.45, 7) is 4.58. The summed E-state index contributed by atoms with van der Waals surface area (Å²) in [4.78, 5) is 27.8. The lowest BCUT2D eigenvalue weighted by atomic mass is 10.1. The molecule has 0 aliphatic carbocycles. The third-order valence-corrected chi connectivity index (χ3v) is 4.91. The molecule has 1 fully saturated rings. The van der Waals surface area contributed by atoms with Gasteiger partial charge >= 0.3 is 0 Å². The molecule has 0 spiro atoms. The highest BCUT2D eigenvalue weighted by molar-refractivity contribution is 7.99. The lowest BCUT2D eigenvalue weighted by Crippen LogP contribution is -2.54. The molecule has 1 aromatic carbocycles. The van der Waals surface area contributed by atoms with Crippen LogP contribution in [0.2, 0.25) is 0 Å². The molecule has 1 heterocycles. The molecule has 2 rings (SSSR count). The molecule has 134 valence electrons. The molecule has 5 nitrogen and oxygen atoms in total. The van der Waals surface area contributed by atoms with Gasteiger partial charge in [0, 0.05) is 14.1 Å². The van der Waals surface area contributed by atoms with Gasteiger partial charge in [0.05, 0.1) is 0 Å². The Balaban J connectivity index is 2.17. The molecule has 1 aliphatic rings. The predicted octanol–water partition coefficient (Wildman–Crippen LogP) is 2.99. The lowest BCUT2D eigenvalue weighted by molar-refractivity contribution is -0.144. The Bertz CT molecular complexity index is 706. The van der Waals surface area contributed by atoms with Gasteiger partial charge in [0.25, 0.3) is 11.8 Å². The monoisotopic (exact) mass is 360 g/mol. The van der Waals surface area contributed by atoms with Crippen LogP contribution in [0.15, 0.2) is 41.6 Å². The second-order valence-electron chi connectivity index (χ2n) is 6.09. The zero-order valence-corrected chi connectivity index (χ0v) is 16.1. The standard InChI is InChI=1S/C19H24N2O3S/c1-13(2)10-11-24-15-8-6-14(7-9-15)12-16-17(22)21(4)19(25-5)18(23)20(16)3/h6-10,12,19H,11H2,1-5H3/t19-/m1/s1. The zero-order chi connectivity index (χ0) is 18.6. The third-order valence-electron chi connectivity index (χ3n) is 3.94. The van der Waals surface area contributed by atoms with Gasteiger partial charge < -0.3 is 14.5 Å². The molecule has 0 N–H and O–H groups in total. The summed E-state index contributed by atoms with van der Waals surface area (Å²) in [5, 5.41) is -0.472. The molecule has 25 heavy (non-hydrogen) atoms. The summed E-state index contributed by atoms with van der Waals surface area (Å²) in [6.07, 6.45) is 5.56. The van der Waals surface area contributed by atoms with Gasteiger partial charge in [0.2, 0.25) is 0 Å². The number of nitrogens with zero attached hydrogens (tertiary/aromatic N) is 2. The number of carbonyl (C=O) groups is 2. The SMILES string of the molecule is CS[C@@H]1C(=O)N(C)C(=Cc2ccc(OCC=C(C)C)cc2)C(=O)N1C. The van der Waals surface area contributed by atoms with Crippen molar-refractivity contribution in [3.63, 3.8) is 0 Å². The molecule has 1 saturated heterocycles. The second-order valence-corrected chi connectivity index (χ2v) is 7.01. The summed E-state index contributed by atoms with van der Waals surface area (Å²) in [6, 6.07) is 7.46. The first kappa shape index (κ1) is 19.1. The van der Waals surface area contributed by atoms with Crippen molar-refractivity contribution in [1.29, 1.82) is 0 Å². The van der Waals surface area contributed by atoms with Crippen LogP contribution in [0.25, 0.3) is 6.08 Å². The van der Waals surface area contributed by atoms with Crippen LogP contribution < -0.4 is 4.74 Å². The van der Waals surface area contributed by atoms with Crippen LogP contribution in [0, 0.1) is 0 Å². The quantitative estimate of drug-likeness (QED) is 0.598. The zero-order valence-electron chi connectivity index (χ0n) is 15.3. The summed E-state index contributed by atoms with van der Waals surface area (Å²) < 4.78 is 5.63. The van der Waals surface area contributed by atoms with E-state index in [1.54, 1.807) is 20.2 Å². The summed E-state index contributed by atoms with van der Waals surface area (Å²) >= 11 is 1.35. The fourth-order valence-electron chi connectivity index (χ4n) is 2.42. The highest BCUT2D eigenvalue weighted by Gasteiger charge is 2.38. The van der Waals surface area contributed by atoms with E-state index in [0.29, 0.717) is 12.3 Å². The lowest BCUT2D eigenvalue weighted by Gasteiger charge is -2.37. The van der Waals surface area contributed by atoms with Crippen molar-refractivity contribution in [1.82, 2.24) is 9.80 Å². The Morgan fingerprint density at radius 2 is 1.84 bits per heavy atom. The molecule has 0 radical (unpaired) electrons. The number of carbonyl (C=O) groups excluding carboxylic acids is 2. The van der Waals surface area contributed by atoms with Crippen molar-refractivity contribution in [2.24, 2.45) is 0 Å². The van der Waals surface area contributed by atoms with E-state index in [0.717, 1.165) is 11.3 Å². The number of hydrogen-bond donors (Lipinski definition) is 0. The molecule has 2 amide bonds. The van der Waals surface area contributed by atoms with Gasteiger partial charge in [-0.2, -0.15) is 0 Å². The molecule has 1 aliphatic heterocycles. The number of piperazine rings is 1. The van der Waals surface area contributed by atoms with Gasteiger partial charge in [-0.1, -0.05) is 17.7 Å². The Kier molecular flexibility index (Phi) is 6.31. The van der Waals surface area contributed by atoms with Gasteiger partial charge in [-0.05, 0) is 50.0 Å². The van der Waals surface area contributed by atoms with E-state index in [1.807, 2.05) is 50.4 Å². The highest BCUT2D eigenvalue weighted by atomic mass is 32.2. The smallest absolute Gasteiger partial charge is 0.271 e. The average molecular weight is 360 g/mol. The molecule has 0 saturated carbocycles. The van der Waals surface area contributed by atoms with Crippen LogP contribution in [0.3, 0.4) is 0 Å². The molecular weight excluding hydrogens is 336 g/mol. The largest absolute Gasteiger partial charge is 0.490 e. The summed E-state index contributed by atoms with van der Waals surface area (Å²) in [5.41, 5.74) is 2.42. The van der Waals surface area contributed by atoms with Crippen molar-refractivity contribution in [2.75, 3.05) is 27.0 Å². The third kappa shape index (κ3) is 4.45. The normalized spacial score (nSPS) is 19.4. The van der Waals surface area contributed by atoms with E-state index >= 15 is 0 Å². The number of amides is 2. The van der Waals surface area contributed by atoms with Crippen molar-refractivity contribution in [2.45, 2.75) is 19.2 Å². The van der Waals surface area contributed by atoms with Crippen molar-refractivity contribution < 1.29 is 14.3 Å². The molecule has 0 unspecified atom stereocenters. The van der Waals surface area contributed by atoms with E-state index in [-0.39, 0.29) is 11.8 Å². The van der Waals surface area contributed by atoms with Gasteiger partial charge in [-0.3, -0.25) is 9.59 Å². The minimum atomic E-state index is -0.472. The van der Waals surface area contributed by atoms with Crippen LogP contribution >= 0.6 is 11.8 Å². The Hall–Kier alpha value is -2.21. The van der Waals surface area contributed by atoms with Crippen LogP contribution in [0.1, 0.15) is 19.4 Å². The molecular formula is C19H24N2O3S. The van der Waals surface area contributed by atoms with Crippen molar-refractivity contribution in [3.8, 4) is 5.75 Å². The minimum Gasteiger partial charge on any atom is -0.490 e. The second kappa shape index (κ2) is 8.25. The van der Waals surface area contributed by atoms with Crippen LogP contribution in [0.5, 0.6) is 5.75 Å². The van der Waals surface area contributed by atoms with Gasteiger partial charge in [0.1, 0.15) is 18.1 Å². The van der Waals surface area contributed by atoms with E-state index in [4.69, 9.17) is 4.74 Å². The molecule has 1 aromatic rings. The first-order chi connectivity index (χ1) is 11.8. The predicted molar refractivity (Wildman–Crippen MR) is 102 cm³/mol. The maximum atomic E-state index is 12.5. The van der Waals surface area contributed by atoms with Crippen LogP contribution in [-0.2, 0) is 9.59 Å². The van der Waals surface area contributed by atoms with Crippen molar-refractivity contribution in [3.05, 3.63) is 47.2 Å². The minimum absolute atomic E-state index is 0.0949. The van der Waals surface area contributed by atoms with Crippen molar-refractivity contribution >= 4 is 29.7 Å². The first-order valence-electron chi connectivity index (χ1n) is 8.00. The fourth-order valence-corrected chi connectivity index (χ4v) is 3.19. The number of hydrogen-bond acceptors (Lipinski definition) is 4. The number of rotatable bonds is 5. The van der Waals surface area contributed by atoms with Gasteiger partial charge in [-0.25, -0.2) is 0 Å². The molecule has 0 aromatic heterocycles.